The summed E-state index contributed by atoms with van der Waals surface area (Å²) in [5.41, 5.74) is 0.678. The highest BCUT2D eigenvalue weighted by molar-refractivity contribution is 7.10. The zero-order chi connectivity index (χ0) is 20.5. The van der Waals surface area contributed by atoms with Crippen molar-refractivity contribution in [2.24, 2.45) is 0 Å². The molecule has 1 aromatic carbocycles. The molecule has 0 spiro atoms. The lowest BCUT2D eigenvalue weighted by Crippen LogP contribution is -2.33. The molecule has 0 unspecified atom stereocenters. The van der Waals surface area contributed by atoms with Crippen LogP contribution in [0, 0.1) is 0 Å². The molecule has 0 saturated heterocycles. The van der Waals surface area contributed by atoms with Gasteiger partial charge in [-0.25, -0.2) is 0 Å². The van der Waals surface area contributed by atoms with E-state index >= 15 is 0 Å². The van der Waals surface area contributed by atoms with Gasteiger partial charge in [-0.3, -0.25) is 9.59 Å². The van der Waals surface area contributed by atoms with Crippen molar-refractivity contribution in [3.8, 4) is 0 Å². The Kier molecular flexibility index (Phi) is 5.25. The summed E-state index contributed by atoms with van der Waals surface area (Å²) in [5.74, 6) is -1.34. The molecular formula is C22H22N2O4S. The average molecular weight is 410 g/mol. The number of ketones is 1. The second-order valence-electron chi connectivity index (χ2n) is 7.31. The number of hydrogen-bond acceptors (Lipinski definition) is 6. The van der Waals surface area contributed by atoms with Crippen molar-refractivity contribution in [1.29, 1.82) is 0 Å². The number of Topliss-reactive ketones (excluding diaryl/α,β-unsaturated/α-hetero) is 1. The molecule has 1 aliphatic heterocycles. The van der Waals surface area contributed by atoms with E-state index in [2.05, 4.69) is 0 Å². The Morgan fingerprint density at radius 2 is 2.03 bits per heavy atom. The molecule has 7 heteroatoms. The van der Waals surface area contributed by atoms with Gasteiger partial charge in [0.25, 0.3) is 5.91 Å². The van der Waals surface area contributed by atoms with Crippen LogP contribution in [0.5, 0.6) is 0 Å². The number of para-hydroxylation sites is 1. The van der Waals surface area contributed by atoms with E-state index in [0.29, 0.717) is 12.1 Å². The third-order valence-electron chi connectivity index (χ3n) is 5.01. The normalized spacial score (nSPS) is 17.1. The first kappa shape index (κ1) is 19.4. The van der Waals surface area contributed by atoms with Gasteiger partial charge in [0.1, 0.15) is 5.58 Å². The zero-order valence-corrected chi connectivity index (χ0v) is 17.1. The first-order chi connectivity index (χ1) is 14.0. The molecule has 2 aromatic heterocycles. The SMILES string of the molecule is CN(C)CCCN1C(=O)C(O)=C(C(=O)c2cc3ccccc3o2)[C@H]1c1cccs1. The Balaban J connectivity index is 1.71. The Morgan fingerprint density at radius 1 is 1.24 bits per heavy atom. The fourth-order valence-corrected chi connectivity index (χ4v) is 4.49. The van der Waals surface area contributed by atoms with E-state index in [1.165, 1.54) is 11.3 Å². The number of hydrogen-bond donors (Lipinski definition) is 1. The smallest absolute Gasteiger partial charge is 0.290 e. The summed E-state index contributed by atoms with van der Waals surface area (Å²) in [6, 6.07) is 12.1. The lowest BCUT2D eigenvalue weighted by molar-refractivity contribution is -0.129. The standard InChI is InChI=1S/C22H22N2O4S/c1-23(2)10-6-11-24-19(17-9-5-12-29-17)18(21(26)22(24)27)20(25)16-13-14-7-3-4-8-15(14)28-16/h3-5,7-9,12-13,19,26H,6,10-11H2,1-2H3/t19-/m1/s1. The molecule has 6 nitrogen and oxygen atoms in total. The highest BCUT2D eigenvalue weighted by Crippen LogP contribution is 2.41. The third kappa shape index (κ3) is 3.59. The summed E-state index contributed by atoms with van der Waals surface area (Å²) in [4.78, 5) is 30.6. The van der Waals surface area contributed by atoms with Gasteiger partial charge in [-0.05, 0) is 50.6 Å². The first-order valence-electron chi connectivity index (χ1n) is 9.43. The van der Waals surface area contributed by atoms with E-state index in [1.807, 2.05) is 54.7 Å². The number of carbonyl (C=O) groups is 2. The van der Waals surface area contributed by atoms with Gasteiger partial charge in [0.05, 0.1) is 11.6 Å². The average Bonchev–Trinajstić information content (AvgIpc) is 3.41. The Morgan fingerprint density at radius 3 is 2.72 bits per heavy atom. The topological polar surface area (TPSA) is 74.0 Å². The van der Waals surface area contributed by atoms with Gasteiger partial charge in [-0.15, -0.1) is 11.3 Å². The first-order valence-corrected chi connectivity index (χ1v) is 10.3. The van der Waals surface area contributed by atoms with E-state index < -0.39 is 23.5 Å². The molecule has 0 aliphatic carbocycles. The zero-order valence-electron chi connectivity index (χ0n) is 16.3. The van der Waals surface area contributed by atoms with Gasteiger partial charge >= 0.3 is 0 Å². The van der Waals surface area contributed by atoms with Crippen LogP contribution in [0.4, 0.5) is 0 Å². The fraction of sp³-hybridized carbons (Fsp3) is 0.273. The lowest BCUT2D eigenvalue weighted by Gasteiger charge is -2.26. The summed E-state index contributed by atoms with van der Waals surface area (Å²) in [6.07, 6.45) is 0.736. The minimum atomic E-state index is -0.606. The summed E-state index contributed by atoms with van der Waals surface area (Å²) in [7, 11) is 3.93. The van der Waals surface area contributed by atoms with Gasteiger partial charge in [0, 0.05) is 16.8 Å². The molecule has 1 amide bonds. The summed E-state index contributed by atoms with van der Waals surface area (Å²) < 4.78 is 5.71. The monoisotopic (exact) mass is 410 g/mol. The minimum absolute atomic E-state index is 0.0846. The molecular weight excluding hydrogens is 388 g/mol. The summed E-state index contributed by atoms with van der Waals surface area (Å²) in [6.45, 7) is 1.25. The van der Waals surface area contributed by atoms with E-state index in [0.717, 1.165) is 23.2 Å². The second-order valence-corrected chi connectivity index (χ2v) is 8.29. The number of aliphatic hydroxyl groups excluding tert-OH is 1. The van der Waals surface area contributed by atoms with Crippen molar-refractivity contribution in [2.75, 3.05) is 27.2 Å². The maximum absolute atomic E-state index is 13.3. The number of thiophene rings is 1. The molecule has 29 heavy (non-hydrogen) atoms. The molecule has 1 N–H and O–H groups in total. The van der Waals surface area contributed by atoms with Gasteiger partial charge in [-0.1, -0.05) is 24.3 Å². The van der Waals surface area contributed by atoms with Crippen LogP contribution in [0.1, 0.15) is 27.9 Å². The van der Waals surface area contributed by atoms with Crippen molar-refractivity contribution < 1.29 is 19.1 Å². The Labute approximate surface area is 172 Å². The van der Waals surface area contributed by atoms with E-state index in [4.69, 9.17) is 4.42 Å². The molecule has 0 saturated carbocycles. The molecule has 4 rings (SSSR count). The van der Waals surface area contributed by atoms with Gasteiger partial charge in [0.2, 0.25) is 5.78 Å². The van der Waals surface area contributed by atoms with Crippen molar-refractivity contribution in [3.63, 3.8) is 0 Å². The Hall–Kier alpha value is -2.90. The Bertz CT molecular complexity index is 1050. The van der Waals surface area contributed by atoms with E-state index in [9.17, 15) is 14.7 Å². The minimum Gasteiger partial charge on any atom is -0.503 e. The van der Waals surface area contributed by atoms with E-state index in [-0.39, 0.29) is 11.3 Å². The number of amides is 1. The molecule has 1 aliphatic rings. The number of benzene rings is 1. The van der Waals surface area contributed by atoms with Crippen LogP contribution in [-0.4, -0.2) is 53.8 Å². The lowest BCUT2D eigenvalue weighted by atomic mass is 10.00. The molecule has 0 fully saturated rings. The number of fused-ring (bicyclic) bond motifs is 1. The molecule has 0 bridgehead atoms. The number of aliphatic hydroxyl groups is 1. The van der Waals surface area contributed by atoms with Crippen molar-refractivity contribution in [1.82, 2.24) is 9.80 Å². The van der Waals surface area contributed by atoms with Crippen LogP contribution < -0.4 is 0 Å². The molecule has 0 radical (unpaired) electrons. The van der Waals surface area contributed by atoms with Gasteiger partial charge < -0.3 is 19.3 Å². The van der Waals surface area contributed by atoms with Crippen LogP contribution in [0.25, 0.3) is 11.0 Å². The van der Waals surface area contributed by atoms with Crippen LogP contribution in [0.15, 0.2) is 63.6 Å². The van der Waals surface area contributed by atoms with Crippen molar-refractivity contribution >= 4 is 34.0 Å². The maximum Gasteiger partial charge on any atom is 0.290 e. The molecule has 1 atom stereocenters. The maximum atomic E-state index is 13.3. The summed E-state index contributed by atoms with van der Waals surface area (Å²) >= 11 is 1.46. The number of carbonyl (C=O) groups excluding carboxylic acids is 2. The molecule has 150 valence electrons. The predicted molar refractivity (Wildman–Crippen MR) is 112 cm³/mol. The van der Waals surface area contributed by atoms with Crippen LogP contribution >= 0.6 is 11.3 Å². The number of nitrogens with zero attached hydrogens (tertiary/aromatic N) is 2. The third-order valence-corrected chi connectivity index (χ3v) is 5.94. The quantitative estimate of drug-likeness (QED) is 0.596. The molecule has 3 heterocycles. The van der Waals surface area contributed by atoms with E-state index in [1.54, 1.807) is 17.0 Å². The highest BCUT2D eigenvalue weighted by atomic mass is 32.1. The van der Waals surface area contributed by atoms with Crippen LogP contribution in [0.2, 0.25) is 0 Å². The largest absolute Gasteiger partial charge is 0.503 e. The highest BCUT2D eigenvalue weighted by Gasteiger charge is 2.44. The van der Waals surface area contributed by atoms with Crippen LogP contribution in [-0.2, 0) is 4.79 Å². The van der Waals surface area contributed by atoms with Crippen molar-refractivity contribution in [2.45, 2.75) is 12.5 Å². The van der Waals surface area contributed by atoms with Crippen molar-refractivity contribution in [3.05, 3.63) is 69.8 Å². The van der Waals surface area contributed by atoms with Gasteiger partial charge in [0.15, 0.2) is 11.5 Å². The van der Waals surface area contributed by atoms with Crippen LogP contribution in [0.3, 0.4) is 0 Å². The number of furan rings is 1. The number of rotatable bonds is 7. The summed E-state index contributed by atoms with van der Waals surface area (Å²) in [5, 5.41) is 13.3. The second kappa shape index (κ2) is 7.85. The van der Waals surface area contributed by atoms with Gasteiger partial charge in [-0.2, -0.15) is 0 Å². The predicted octanol–water partition coefficient (Wildman–Crippen LogP) is 4.02. The fourth-order valence-electron chi connectivity index (χ4n) is 3.64. The molecule has 3 aromatic rings.